The fourth-order valence-electron chi connectivity index (χ4n) is 1.85. The quantitative estimate of drug-likeness (QED) is 0.811. The van der Waals surface area contributed by atoms with Gasteiger partial charge in [0.25, 0.3) is 5.91 Å². The van der Waals surface area contributed by atoms with Crippen LogP contribution in [0.3, 0.4) is 0 Å². The van der Waals surface area contributed by atoms with Crippen LogP contribution in [0.2, 0.25) is 10.0 Å². The second-order valence-corrected chi connectivity index (χ2v) is 5.95. The van der Waals surface area contributed by atoms with Gasteiger partial charge >= 0.3 is 0 Å². The van der Waals surface area contributed by atoms with Crippen LogP contribution >= 0.6 is 23.2 Å². The number of amides is 1. The molecule has 6 heteroatoms. The third kappa shape index (κ3) is 5.66. The number of ether oxygens (including phenoxy) is 2. The Labute approximate surface area is 145 Å². The summed E-state index contributed by atoms with van der Waals surface area (Å²) in [6.45, 7) is 3.72. The van der Waals surface area contributed by atoms with Crippen LogP contribution in [0.25, 0.3) is 0 Å². The molecule has 122 valence electrons. The molecule has 0 heterocycles. The topological polar surface area (TPSA) is 47.6 Å². The zero-order valence-corrected chi connectivity index (χ0v) is 14.3. The summed E-state index contributed by atoms with van der Waals surface area (Å²) in [6, 6.07) is 12.0. The van der Waals surface area contributed by atoms with Gasteiger partial charge in [-0.3, -0.25) is 4.79 Å². The molecule has 0 bridgehead atoms. The lowest BCUT2D eigenvalue weighted by atomic mass is 10.3. The van der Waals surface area contributed by atoms with Gasteiger partial charge < -0.3 is 14.8 Å². The number of halogens is 2. The Bertz CT molecular complexity index is 689. The molecule has 0 aromatic heterocycles. The minimum Gasteiger partial charge on any atom is -0.491 e. The number of benzene rings is 2. The molecule has 0 spiro atoms. The first-order valence-electron chi connectivity index (χ1n) is 7.08. The van der Waals surface area contributed by atoms with E-state index in [9.17, 15) is 4.79 Å². The molecule has 0 unspecified atom stereocenters. The van der Waals surface area contributed by atoms with Gasteiger partial charge in [-0.05, 0) is 44.2 Å². The Morgan fingerprint density at radius 1 is 1.17 bits per heavy atom. The molecule has 2 aromatic carbocycles. The summed E-state index contributed by atoms with van der Waals surface area (Å²) in [5.41, 5.74) is 0.638. The summed E-state index contributed by atoms with van der Waals surface area (Å²) >= 11 is 11.8. The molecule has 2 rings (SSSR count). The van der Waals surface area contributed by atoms with Crippen LogP contribution in [0.1, 0.15) is 13.8 Å². The van der Waals surface area contributed by atoms with E-state index in [0.717, 1.165) is 0 Å². The van der Waals surface area contributed by atoms with Crippen LogP contribution < -0.4 is 14.8 Å². The molecule has 23 heavy (non-hydrogen) atoms. The fraction of sp³-hybridized carbons (Fsp3) is 0.235. The summed E-state index contributed by atoms with van der Waals surface area (Å²) in [6.07, 6.45) is 0.0660. The molecular formula is C17H17Cl2NO3. The largest absolute Gasteiger partial charge is 0.491 e. The molecule has 0 saturated carbocycles. The average molecular weight is 354 g/mol. The predicted molar refractivity (Wildman–Crippen MR) is 92.8 cm³/mol. The van der Waals surface area contributed by atoms with Crippen molar-refractivity contribution >= 4 is 34.8 Å². The highest BCUT2D eigenvalue weighted by Crippen LogP contribution is 2.27. The summed E-state index contributed by atoms with van der Waals surface area (Å²) in [7, 11) is 0. The molecule has 0 aliphatic heterocycles. The van der Waals surface area contributed by atoms with Gasteiger partial charge in [-0.1, -0.05) is 29.3 Å². The number of nitrogens with one attached hydrogen (secondary N) is 1. The van der Waals surface area contributed by atoms with Crippen molar-refractivity contribution in [3.05, 3.63) is 52.5 Å². The zero-order chi connectivity index (χ0) is 16.8. The van der Waals surface area contributed by atoms with Crippen molar-refractivity contribution in [3.8, 4) is 11.5 Å². The van der Waals surface area contributed by atoms with Crippen LogP contribution in [-0.4, -0.2) is 18.6 Å². The first-order valence-corrected chi connectivity index (χ1v) is 7.84. The number of anilines is 1. The van der Waals surface area contributed by atoms with E-state index in [2.05, 4.69) is 5.32 Å². The maximum Gasteiger partial charge on any atom is 0.262 e. The van der Waals surface area contributed by atoms with Crippen LogP contribution in [0, 0.1) is 0 Å². The van der Waals surface area contributed by atoms with Crippen molar-refractivity contribution < 1.29 is 14.3 Å². The van der Waals surface area contributed by atoms with Gasteiger partial charge in [0, 0.05) is 16.8 Å². The van der Waals surface area contributed by atoms with Gasteiger partial charge in [0.1, 0.15) is 11.5 Å². The van der Waals surface area contributed by atoms with E-state index in [1.54, 1.807) is 30.3 Å². The highest BCUT2D eigenvalue weighted by Gasteiger charge is 2.08. The lowest BCUT2D eigenvalue weighted by Gasteiger charge is -2.12. The second-order valence-electron chi connectivity index (χ2n) is 5.11. The number of hydrogen-bond donors (Lipinski definition) is 1. The Kier molecular flexibility index (Phi) is 6.13. The first-order chi connectivity index (χ1) is 10.9. The Morgan fingerprint density at radius 2 is 1.96 bits per heavy atom. The SMILES string of the molecule is CC(C)Oc1cccc(NC(=O)COc2ccc(Cl)cc2Cl)c1. The van der Waals surface area contributed by atoms with Gasteiger partial charge in [-0.2, -0.15) is 0 Å². The van der Waals surface area contributed by atoms with E-state index < -0.39 is 0 Å². The normalized spacial score (nSPS) is 10.5. The Morgan fingerprint density at radius 3 is 2.65 bits per heavy atom. The van der Waals surface area contributed by atoms with E-state index >= 15 is 0 Å². The number of carbonyl (C=O) groups excluding carboxylic acids is 1. The molecule has 0 aliphatic rings. The molecule has 2 aromatic rings. The second kappa shape index (κ2) is 8.09. The number of carbonyl (C=O) groups is 1. The molecule has 0 saturated heterocycles. The number of rotatable bonds is 6. The standard InChI is InChI=1S/C17H17Cl2NO3/c1-11(2)23-14-5-3-4-13(9-14)20-17(21)10-22-16-7-6-12(18)8-15(16)19/h3-9,11H,10H2,1-2H3,(H,20,21). The summed E-state index contributed by atoms with van der Waals surface area (Å²) in [5.74, 6) is 0.806. The molecule has 0 radical (unpaired) electrons. The minimum absolute atomic E-state index is 0.0660. The van der Waals surface area contributed by atoms with Gasteiger partial charge in [0.05, 0.1) is 11.1 Å². The van der Waals surface area contributed by atoms with E-state index in [-0.39, 0.29) is 18.6 Å². The molecule has 1 N–H and O–H groups in total. The molecule has 4 nitrogen and oxygen atoms in total. The number of hydrogen-bond acceptors (Lipinski definition) is 3. The van der Waals surface area contributed by atoms with Crippen LogP contribution in [-0.2, 0) is 4.79 Å². The van der Waals surface area contributed by atoms with Gasteiger partial charge in [0.15, 0.2) is 6.61 Å². The molecule has 0 fully saturated rings. The van der Waals surface area contributed by atoms with Gasteiger partial charge in [-0.25, -0.2) is 0 Å². The summed E-state index contributed by atoms with van der Waals surface area (Å²) in [5, 5.41) is 3.61. The molecule has 0 aliphatic carbocycles. The van der Waals surface area contributed by atoms with Crippen molar-refractivity contribution in [1.29, 1.82) is 0 Å². The molecular weight excluding hydrogens is 337 g/mol. The summed E-state index contributed by atoms with van der Waals surface area (Å²) in [4.78, 5) is 12.0. The van der Waals surface area contributed by atoms with Gasteiger partial charge in [0.2, 0.25) is 0 Å². The monoisotopic (exact) mass is 353 g/mol. The van der Waals surface area contributed by atoms with E-state index in [1.807, 2.05) is 26.0 Å². The van der Waals surface area contributed by atoms with Crippen molar-refractivity contribution in [2.24, 2.45) is 0 Å². The lowest BCUT2D eigenvalue weighted by molar-refractivity contribution is -0.118. The van der Waals surface area contributed by atoms with E-state index in [1.165, 1.54) is 0 Å². The Balaban J connectivity index is 1.92. The fourth-order valence-corrected chi connectivity index (χ4v) is 2.32. The van der Waals surface area contributed by atoms with Crippen LogP contribution in [0.15, 0.2) is 42.5 Å². The lowest BCUT2D eigenvalue weighted by Crippen LogP contribution is -2.20. The van der Waals surface area contributed by atoms with Gasteiger partial charge in [-0.15, -0.1) is 0 Å². The zero-order valence-electron chi connectivity index (χ0n) is 12.8. The average Bonchev–Trinajstić information content (AvgIpc) is 2.46. The maximum atomic E-state index is 12.0. The molecule has 1 amide bonds. The van der Waals surface area contributed by atoms with E-state index in [4.69, 9.17) is 32.7 Å². The van der Waals surface area contributed by atoms with Crippen LogP contribution in [0.5, 0.6) is 11.5 Å². The molecule has 0 atom stereocenters. The Hall–Kier alpha value is -1.91. The highest BCUT2D eigenvalue weighted by molar-refractivity contribution is 6.35. The third-order valence-corrected chi connectivity index (χ3v) is 3.27. The maximum absolute atomic E-state index is 12.0. The predicted octanol–water partition coefficient (Wildman–Crippen LogP) is 4.80. The van der Waals surface area contributed by atoms with E-state index in [0.29, 0.717) is 27.2 Å². The van der Waals surface area contributed by atoms with Crippen molar-refractivity contribution in [2.45, 2.75) is 20.0 Å². The summed E-state index contributed by atoms with van der Waals surface area (Å²) < 4.78 is 11.0. The third-order valence-electron chi connectivity index (χ3n) is 2.74. The highest BCUT2D eigenvalue weighted by atomic mass is 35.5. The van der Waals surface area contributed by atoms with Crippen molar-refractivity contribution in [2.75, 3.05) is 11.9 Å². The van der Waals surface area contributed by atoms with Crippen LogP contribution in [0.4, 0.5) is 5.69 Å². The minimum atomic E-state index is -0.294. The smallest absolute Gasteiger partial charge is 0.262 e. The van der Waals surface area contributed by atoms with Crippen molar-refractivity contribution in [3.63, 3.8) is 0 Å². The first kappa shape index (κ1) is 17.4. The van der Waals surface area contributed by atoms with Crippen molar-refractivity contribution in [1.82, 2.24) is 0 Å².